The SMILES string of the molecule is CN(C(=O)c1ccccc1O)c1ccccc1/C(N)=N/O. The Morgan fingerprint density at radius 3 is 2.29 bits per heavy atom. The van der Waals surface area contributed by atoms with Crippen molar-refractivity contribution in [3.63, 3.8) is 0 Å². The number of aromatic hydroxyl groups is 1. The fourth-order valence-electron chi connectivity index (χ4n) is 1.98. The number of carbonyl (C=O) groups is 1. The van der Waals surface area contributed by atoms with Crippen LogP contribution in [0.1, 0.15) is 15.9 Å². The molecule has 1 amide bonds. The van der Waals surface area contributed by atoms with Crippen molar-refractivity contribution in [1.82, 2.24) is 0 Å². The largest absolute Gasteiger partial charge is 0.507 e. The Bertz CT molecular complexity index is 698. The summed E-state index contributed by atoms with van der Waals surface area (Å²) in [5, 5.41) is 21.5. The summed E-state index contributed by atoms with van der Waals surface area (Å²) in [6.07, 6.45) is 0. The highest BCUT2D eigenvalue weighted by atomic mass is 16.4. The summed E-state index contributed by atoms with van der Waals surface area (Å²) >= 11 is 0. The molecule has 4 N–H and O–H groups in total. The van der Waals surface area contributed by atoms with Crippen LogP contribution in [0.5, 0.6) is 5.75 Å². The van der Waals surface area contributed by atoms with E-state index in [1.807, 2.05) is 0 Å². The summed E-state index contributed by atoms with van der Waals surface area (Å²) in [5.41, 5.74) is 6.69. The molecule has 6 heteroatoms. The van der Waals surface area contributed by atoms with Gasteiger partial charge in [0.25, 0.3) is 5.91 Å². The van der Waals surface area contributed by atoms with Gasteiger partial charge in [-0.05, 0) is 24.3 Å². The van der Waals surface area contributed by atoms with E-state index in [-0.39, 0.29) is 17.1 Å². The molecule has 0 aromatic heterocycles. The third kappa shape index (κ3) is 2.79. The molecule has 2 aromatic carbocycles. The molecule has 0 spiro atoms. The molecule has 2 rings (SSSR count). The number of benzene rings is 2. The first-order chi connectivity index (χ1) is 10.1. The Labute approximate surface area is 121 Å². The van der Waals surface area contributed by atoms with E-state index in [1.165, 1.54) is 17.0 Å². The van der Waals surface area contributed by atoms with Crippen molar-refractivity contribution in [2.24, 2.45) is 10.9 Å². The number of phenols is 1. The minimum Gasteiger partial charge on any atom is -0.507 e. The average Bonchev–Trinajstić information content (AvgIpc) is 2.53. The molecule has 0 saturated heterocycles. The van der Waals surface area contributed by atoms with Crippen LogP contribution in [0.4, 0.5) is 5.69 Å². The van der Waals surface area contributed by atoms with Gasteiger partial charge in [-0.25, -0.2) is 0 Å². The van der Waals surface area contributed by atoms with E-state index >= 15 is 0 Å². The summed E-state index contributed by atoms with van der Waals surface area (Å²) in [4.78, 5) is 13.8. The monoisotopic (exact) mass is 285 g/mol. The molecule has 0 heterocycles. The summed E-state index contributed by atoms with van der Waals surface area (Å²) in [5.74, 6) is -0.593. The highest BCUT2D eigenvalue weighted by Crippen LogP contribution is 2.24. The minimum atomic E-state index is -0.397. The number of rotatable bonds is 3. The number of nitrogens with two attached hydrogens (primary N) is 1. The predicted molar refractivity (Wildman–Crippen MR) is 79.8 cm³/mol. The van der Waals surface area contributed by atoms with E-state index in [2.05, 4.69) is 5.16 Å². The van der Waals surface area contributed by atoms with Crippen molar-refractivity contribution in [2.45, 2.75) is 0 Å². The number of phenolic OH excluding ortho intramolecular Hbond substituents is 1. The van der Waals surface area contributed by atoms with Crippen molar-refractivity contribution in [3.05, 3.63) is 59.7 Å². The zero-order valence-corrected chi connectivity index (χ0v) is 11.4. The third-order valence-electron chi connectivity index (χ3n) is 3.09. The van der Waals surface area contributed by atoms with Gasteiger partial charge in [0.05, 0.1) is 11.3 Å². The first-order valence-electron chi connectivity index (χ1n) is 6.19. The molecule has 0 fully saturated rings. The highest BCUT2D eigenvalue weighted by Gasteiger charge is 2.19. The van der Waals surface area contributed by atoms with Crippen molar-refractivity contribution < 1.29 is 15.1 Å². The van der Waals surface area contributed by atoms with Crippen LogP contribution >= 0.6 is 0 Å². The molecule has 0 radical (unpaired) electrons. The average molecular weight is 285 g/mol. The van der Waals surface area contributed by atoms with E-state index in [1.54, 1.807) is 43.4 Å². The lowest BCUT2D eigenvalue weighted by Gasteiger charge is -2.20. The molecule has 0 aliphatic heterocycles. The first kappa shape index (κ1) is 14.4. The maximum Gasteiger partial charge on any atom is 0.261 e. The molecule has 0 aliphatic rings. The first-order valence-corrected chi connectivity index (χ1v) is 6.19. The number of nitrogens with zero attached hydrogens (tertiary/aromatic N) is 2. The van der Waals surface area contributed by atoms with Gasteiger partial charge < -0.3 is 20.9 Å². The maximum absolute atomic E-state index is 12.5. The Morgan fingerprint density at radius 1 is 1.10 bits per heavy atom. The van der Waals surface area contributed by atoms with Crippen LogP contribution in [0.25, 0.3) is 0 Å². The van der Waals surface area contributed by atoms with Crippen molar-refractivity contribution >= 4 is 17.4 Å². The summed E-state index contributed by atoms with van der Waals surface area (Å²) in [7, 11) is 1.55. The van der Waals surface area contributed by atoms with Gasteiger partial charge in [0.15, 0.2) is 5.84 Å². The fourth-order valence-corrected chi connectivity index (χ4v) is 1.98. The van der Waals surface area contributed by atoms with E-state index in [0.717, 1.165) is 0 Å². The molecule has 0 aliphatic carbocycles. The number of amides is 1. The standard InChI is InChI=1S/C15H15N3O3/c1-18(15(20)11-7-3-5-9-13(11)19)12-8-4-2-6-10(12)14(16)17-21/h2-9,19,21H,1H3,(H2,16,17). The molecular weight excluding hydrogens is 270 g/mol. The van der Waals surface area contributed by atoms with E-state index in [0.29, 0.717) is 11.3 Å². The van der Waals surface area contributed by atoms with Crippen LogP contribution in [0.3, 0.4) is 0 Å². The number of carbonyl (C=O) groups excluding carboxylic acids is 1. The molecule has 0 unspecified atom stereocenters. The maximum atomic E-state index is 12.5. The van der Waals surface area contributed by atoms with Crippen LogP contribution in [0, 0.1) is 0 Å². The normalized spacial score (nSPS) is 11.2. The molecular formula is C15H15N3O3. The predicted octanol–water partition coefficient (Wildman–Crippen LogP) is 1.76. The number of hydrogen-bond acceptors (Lipinski definition) is 4. The second-order valence-corrected chi connectivity index (χ2v) is 4.38. The van der Waals surface area contributed by atoms with Gasteiger partial charge in [0.1, 0.15) is 5.75 Å². The van der Waals surface area contributed by atoms with Crippen molar-refractivity contribution in [3.8, 4) is 5.75 Å². The summed E-state index contributed by atoms with van der Waals surface area (Å²) in [6.45, 7) is 0. The molecule has 6 nitrogen and oxygen atoms in total. The van der Waals surface area contributed by atoms with Gasteiger partial charge in [-0.2, -0.15) is 0 Å². The Hall–Kier alpha value is -3.02. The Balaban J connectivity index is 2.44. The molecule has 0 atom stereocenters. The number of anilines is 1. The van der Waals surface area contributed by atoms with Crippen LogP contribution < -0.4 is 10.6 Å². The molecule has 108 valence electrons. The topological polar surface area (TPSA) is 99.2 Å². The fraction of sp³-hybridized carbons (Fsp3) is 0.0667. The highest BCUT2D eigenvalue weighted by molar-refractivity contribution is 6.11. The smallest absolute Gasteiger partial charge is 0.261 e. The van der Waals surface area contributed by atoms with Gasteiger partial charge >= 0.3 is 0 Å². The number of amidine groups is 1. The van der Waals surface area contributed by atoms with Gasteiger partial charge in [-0.15, -0.1) is 0 Å². The number of oxime groups is 1. The zero-order valence-electron chi connectivity index (χ0n) is 11.4. The van der Waals surface area contributed by atoms with E-state index in [9.17, 15) is 9.90 Å². The third-order valence-corrected chi connectivity index (χ3v) is 3.09. The summed E-state index contributed by atoms with van der Waals surface area (Å²) in [6, 6.07) is 13.0. The lowest BCUT2D eigenvalue weighted by Crippen LogP contribution is -2.29. The second kappa shape index (κ2) is 5.96. The lowest BCUT2D eigenvalue weighted by molar-refractivity contribution is 0.0990. The van der Waals surface area contributed by atoms with E-state index < -0.39 is 5.91 Å². The van der Waals surface area contributed by atoms with Gasteiger partial charge in [0.2, 0.25) is 0 Å². The number of para-hydroxylation sites is 2. The van der Waals surface area contributed by atoms with Gasteiger partial charge in [0, 0.05) is 12.6 Å². The summed E-state index contributed by atoms with van der Waals surface area (Å²) < 4.78 is 0. The molecule has 21 heavy (non-hydrogen) atoms. The zero-order chi connectivity index (χ0) is 15.4. The van der Waals surface area contributed by atoms with Gasteiger partial charge in [-0.1, -0.05) is 29.4 Å². The van der Waals surface area contributed by atoms with Crippen molar-refractivity contribution in [1.29, 1.82) is 0 Å². The van der Waals surface area contributed by atoms with Crippen LogP contribution in [-0.4, -0.2) is 29.1 Å². The van der Waals surface area contributed by atoms with Crippen LogP contribution in [0.15, 0.2) is 53.7 Å². The molecule has 0 bridgehead atoms. The van der Waals surface area contributed by atoms with Crippen LogP contribution in [0.2, 0.25) is 0 Å². The Kier molecular flexibility index (Phi) is 4.08. The number of hydrogen-bond donors (Lipinski definition) is 3. The Morgan fingerprint density at radius 2 is 1.67 bits per heavy atom. The molecule has 2 aromatic rings. The van der Waals surface area contributed by atoms with Gasteiger partial charge in [-0.3, -0.25) is 4.79 Å². The molecule has 0 saturated carbocycles. The van der Waals surface area contributed by atoms with E-state index in [4.69, 9.17) is 10.9 Å². The van der Waals surface area contributed by atoms with Crippen LogP contribution in [-0.2, 0) is 0 Å². The quantitative estimate of drug-likeness (QED) is 0.346. The second-order valence-electron chi connectivity index (χ2n) is 4.38. The van der Waals surface area contributed by atoms with Crippen molar-refractivity contribution in [2.75, 3.05) is 11.9 Å². The minimum absolute atomic E-state index is 0.0949. The lowest BCUT2D eigenvalue weighted by atomic mass is 10.1.